The fourth-order valence-corrected chi connectivity index (χ4v) is 5.12. The number of methoxy groups -OCH3 is 1. The molecule has 154 valence electrons. The summed E-state index contributed by atoms with van der Waals surface area (Å²) >= 11 is 0. The van der Waals surface area contributed by atoms with Crippen LogP contribution < -0.4 is 4.74 Å². The van der Waals surface area contributed by atoms with Crippen LogP contribution in [0.25, 0.3) is 0 Å². The summed E-state index contributed by atoms with van der Waals surface area (Å²) in [7, 11) is 0.0731. The molecule has 0 aromatic heterocycles. The van der Waals surface area contributed by atoms with E-state index in [2.05, 4.69) is 17.0 Å². The van der Waals surface area contributed by atoms with Crippen molar-refractivity contribution in [1.82, 2.24) is 13.5 Å². The van der Waals surface area contributed by atoms with Gasteiger partial charge in [-0.2, -0.15) is 17.0 Å². The Labute approximate surface area is 165 Å². The Bertz CT molecular complexity index is 652. The van der Waals surface area contributed by atoms with E-state index in [1.165, 1.54) is 14.2 Å². The monoisotopic (exact) mass is 397 g/mol. The summed E-state index contributed by atoms with van der Waals surface area (Å²) < 4.78 is 33.4. The average molecular weight is 398 g/mol. The van der Waals surface area contributed by atoms with Gasteiger partial charge in [0.15, 0.2) is 0 Å². The van der Waals surface area contributed by atoms with E-state index in [0.717, 1.165) is 44.6 Å². The molecule has 2 rings (SSSR count). The Hall–Kier alpha value is -1.15. The van der Waals surface area contributed by atoms with Crippen molar-refractivity contribution in [2.45, 2.75) is 33.1 Å². The molecule has 0 amide bonds. The fraction of sp³-hybridized carbons (Fsp3) is 0.700. The number of piperidine rings is 1. The second kappa shape index (κ2) is 10.4. The minimum absolute atomic E-state index is 0.442. The number of ether oxygens (including phenoxy) is 1. The Morgan fingerprint density at radius 1 is 1.11 bits per heavy atom. The summed E-state index contributed by atoms with van der Waals surface area (Å²) in [5, 5.41) is 0. The molecule has 0 radical (unpaired) electrons. The average Bonchev–Trinajstić information content (AvgIpc) is 2.68. The highest BCUT2D eigenvalue weighted by Crippen LogP contribution is 2.20. The third-order valence-corrected chi connectivity index (χ3v) is 7.63. The van der Waals surface area contributed by atoms with Gasteiger partial charge in [-0.05, 0) is 56.0 Å². The zero-order chi connectivity index (χ0) is 19.9. The van der Waals surface area contributed by atoms with Gasteiger partial charge in [0.05, 0.1) is 7.11 Å². The summed E-state index contributed by atoms with van der Waals surface area (Å²) in [6.45, 7) is 8.56. The van der Waals surface area contributed by atoms with Gasteiger partial charge in [0, 0.05) is 33.2 Å². The molecule has 1 aromatic rings. The third-order valence-electron chi connectivity index (χ3n) is 5.52. The molecule has 1 saturated heterocycles. The molecule has 1 aliphatic rings. The van der Waals surface area contributed by atoms with Gasteiger partial charge < -0.3 is 9.64 Å². The Kier molecular flexibility index (Phi) is 8.54. The van der Waals surface area contributed by atoms with Crippen LogP contribution in [0.4, 0.5) is 0 Å². The van der Waals surface area contributed by atoms with E-state index in [9.17, 15) is 8.42 Å². The van der Waals surface area contributed by atoms with Gasteiger partial charge in [0.25, 0.3) is 10.2 Å². The minimum Gasteiger partial charge on any atom is -0.497 e. The first-order valence-corrected chi connectivity index (χ1v) is 11.4. The van der Waals surface area contributed by atoms with Crippen molar-refractivity contribution in [3.8, 4) is 5.75 Å². The standard InChI is InChI=1S/C20H35N3O3S/c1-5-23(6-2)27(24,25)21(3)17-19-12-15-22(16-13-19)14-11-18-7-9-20(26-4)10-8-18/h7-10,19H,5-6,11-17H2,1-4H3. The van der Waals surface area contributed by atoms with E-state index in [0.29, 0.717) is 25.6 Å². The molecule has 0 bridgehead atoms. The van der Waals surface area contributed by atoms with Crippen LogP contribution in [0.5, 0.6) is 5.75 Å². The van der Waals surface area contributed by atoms with Crippen molar-refractivity contribution in [3.63, 3.8) is 0 Å². The molecule has 0 spiro atoms. The van der Waals surface area contributed by atoms with Crippen LogP contribution in [-0.2, 0) is 16.6 Å². The summed E-state index contributed by atoms with van der Waals surface area (Å²) in [6, 6.07) is 8.26. The maximum Gasteiger partial charge on any atom is 0.281 e. The topological polar surface area (TPSA) is 53.1 Å². The summed E-state index contributed by atoms with van der Waals surface area (Å²) in [5.74, 6) is 1.33. The van der Waals surface area contributed by atoms with Crippen LogP contribution in [0.2, 0.25) is 0 Å². The van der Waals surface area contributed by atoms with Gasteiger partial charge in [-0.1, -0.05) is 26.0 Å². The van der Waals surface area contributed by atoms with E-state index >= 15 is 0 Å². The third kappa shape index (κ3) is 6.17. The zero-order valence-electron chi connectivity index (χ0n) is 17.2. The molecule has 1 aliphatic heterocycles. The quantitative estimate of drug-likeness (QED) is 0.609. The zero-order valence-corrected chi connectivity index (χ0v) is 18.0. The second-order valence-corrected chi connectivity index (χ2v) is 9.29. The molecule has 1 heterocycles. The molecular weight excluding hydrogens is 362 g/mol. The smallest absolute Gasteiger partial charge is 0.281 e. The van der Waals surface area contributed by atoms with Crippen LogP contribution in [-0.4, -0.2) is 75.4 Å². The Balaban J connectivity index is 1.76. The van der Waals surface area contributed by atoms with E-state index in [1.54, 1.807) is 14.2 Å². The van der Waals surface area contributed by atoms with Gasteiger partial charge in [-0.25, -0.2) is 0 Å². The lowest BCUT2D eigenvalue weighted by Gasteiger charge is -2.34. The number of rotatable bonds is 10. The molecule has 0 unspecified atom stereocenters. The molecule has 1 aromatic carbocycles. The second-order valence-electron chi connectivity index (χ2n) is 7.26. The van der Waals surface area contributed by atoms with E-state index in [-0.39, 0.29) is 0 Å². The van der Waals surface area contributed by atoms with Crippen molar-refractivity contribution < 1.29 is 13.2 Å². The van der Waals surface area contributed by atoms with Crippen molar-refractivity contribution in [3.05, 3.63) is 29.8 Å². The highest BCUT2D eigenvalue weighted by molar-refractivity contribution is 7.86. The molecule has 1 fully saturated rings. The predicted octanol–water partition coefficient (Wildman–Crippen LogP) is 2.47. The largest absolute Gasteiger partial charge is 0.497 e. The number of hydrogen-bond donors (Lipinski definition) is 0. The highest BCUT2D eigenvalue weighted by Gasteiger charge is 2.28. The number of nitrogens with zero attached hydrogens (tertiary/aromatic N) is 3. The first-order chi connectivity index (χ1) is 12.9. The van der Waals surface area contributed by atoms with Gasteiger partial charge in [-0.15, -0.1) is 0 Å². The fourth-order valence-electron chi connectivity index (χ4n) is 3.68. The normalized spacial score (nSPS) is 17.0. The molecule has 7 heteroatoms. The van der Waals surface area contributed by atoms with Crippen LogP contribution in [0.3, 0.4) is 0 Å². The van der Waals surface area contributed by atoms with Gasteiger partial charge in [-0.3, -0.25) is 0 Å². The van der Waals surface area contributed by atoms with Crippen LogP contribution in [0.1, 0.15) is 32.3 Å². The molecule has 0 N–H and O–H groups in total. The van der Waals surface area contributed by atoms with E-state index in [4.69, 9.17) is 4.74 Å². The summed E-state index contributed by atoms with van der Waals surface area (Å²) in [6.07, 6.45) is 3.15. The molecule has 6 nitrogen and oxygen atoms in total. The lowest BCUT2D eigenvalue weighted by atomic mass is 9.96. The van der Waals surface area contributed by atoms with Crippen molar-refractivity contribution in [2.75, 3.05) is 53.4 Å². The lowest BCUT2D eigenvalue weighted by Crippen LogP contribution is -2.45. The Morgan fingerprint density at radius 3 is 2.22 bits per heavy atom. The molecule has 0 aliphatic carbocycles. The molecule has 0 atom stereocenters. The number of benzene rings is 1. The van der Waals surface area contributed by atoms with E-state index in [1.807, 2.05) is 26.0 Å². The van der Waals surface area contributed by atoms with Crippen molar-refractivity contribution >= 4 is 10.2 Å². The van der Waals surface area contributed by atoms with Crippen molar-refractivity contribution in [2.24, 2.45) is 5.92 Å². The SMILES string of the molecule is CCN(CC)S(=O)(=O)N(C)CC1CCN(CCc2ccc(OC)cc2)CC1. The minimum atomic E-state index is -3.32. The number of likely N-dealkylation sites (tertiary alicyclic amines) is 1. The highest BCUT2D eigenvalue weighted by atomic mass is 32.2. The maximum atomic E-state index is 12.6. The van der Waals surface area contributed by atoms with Gasteiger partial charge in [0.2, 0.25) is 0 Å². The molecule has 27 heavy (non-hydrogen) atoms. The maximum absolute atomic E-state index is 12.6. The first kappa shape index (κ1) is 22.1. The van der Waals surface area contributed by atoms with Crippen LogP contribution >= 0.6 is 0 Å². The van der Waals surface area contributed by atoms with E-state index < -0.39 is 10.2 Å². The van der Waals surface area contributed by atoms with Crippen molar-refractivity contribution in [1.29, 1.82) is 0 Å². The summed E-state index contributed by atoms with van der Waals surface area (Å²) in [5.41, 5.74) is 1.32. The predicted molar refractivity (Wildman–Crippen MR) is 110 cm³/mol. The molecular formula is C20H35N3O3S. The lowest BCUT2D eigenvalue weighted by molar-refractivity contribution is 0.172. The van der Waals surface area contributed by atoms with Gasteiger partial charge in [0.1, 0.15) is 5.75 Å². The Morgan fingerprint density at radius 2 is 1.70 bits per heavy atom. The van der Waals surface area contributed by atoms with Gasteiger partial charge >= 0.3 is 0 Å². The number of hydrogen-bond acceptors (Lipinski definition) is 4. The first-order valence-electron chi connectivity index (χ1n) is 9.97. The summed E-state index contributed by atoms with van der Waals surface area (Å²) in [4.78, 5) is 2.49. The van der Waals surface area contributed by atoms with Crippen LogP contribution in [0.15, 0.2) is 24.3 Å². The molecule has 0 saturated carbocycles. The van der Waals surface area contributed by atoms with Crippen LogP contribution in [0, 0.1) is 5.92 Å².